The van der Waals surface area contributed by atoms with Crippen molar-refractivity contribution in [2.75, 3.05) is 0 Å². The number of nitrogens with zero attached hydrogens (tertiary/aromatic N) is 2. The van der Waals surface area contributed by atoms with Crippen molar-refractivity contribution in [1.29, 1.82) is 0 Å². The highest BCUT2D eigenvalue weighted by Crippen LogP contribution is 2.22. The molecule has 4 heteroatoms. The van der Waals surface area contributed by atoms with E-state index >= 15 is 0 Å². The van der Waals surface area contributed by atoms with E-state index in [-0.39, 0.29) is 6.42 Å². The van der Waals surface area contributed by atoms with Gasteiger partial charge in [0.25, 0.3) is 0 Å². The van der Waals surface area contributed by atoms with E-state index in [2.05, 4.69) is 9.97 Å². The smallest absolute Gasteiger partial charge is 0.309 e. The molecule has 3 aromatic rings. The first kappa shape index (κ1) is 12.3. The topological polar surface area (TPSA) is 63.1 Å². The summed E-state index contributed by atoms with van der Waals surface area (Å²) in [6.07, 6.45) is 1.69. The molecule has 0 radical (unpaired) electrons. The lowest BCUT2D eigenvalue weighted by atomic mass is 10.1. The van der Waals surface area contributed by atoms with E-state index in [1.54, 1.807) is 12.3 Å². The predicted molar refractivity (Wildman–Crippen MR) is 76.3 cm³/mol. The number of carboxylic acids is 1. The van der Waals surface area contributed by atoms with Crippen LogP contribution in [0.15, 0.2) is 54.7 Å². The zero-order valence-corrected chi connectivity index (χ0v) is 10.7. The molecular formula is C16H12N2O2. The number of aromatic nitrogens is 2. The van der Waals surface area contributed by atoms with Gasteiger partial charge in [-0.2, -0.15) is 0 Å². The summed E-state index contributed by atoms with van der Waals surface area (Å²) in [7, 11) is 0. The Balaban J connectivity index is 2.03. The fourth-order valence-electron chi connectivity index (χ4n) is 2.13. The monoisotopic (exact) mass is 264 g/mol. The number of aliphatic carboxylic acids is 1. The molecule has 2 heterocycles. The van der Waals surface area contributed by atoms with E-state index < -0.39 is 5.97 Å². The van der Waals surface area contributed by atoms with E-state index in [0.29, 0.717) is 5.69 Å². The summed E-state index contributed by atoms with van der Waals surface area (Å²) in [4.78, 5) is 19.4. The molecule has 98 valence electrons. The molecule has 0 spiro atoms. The number of hydrogen-bond donors (Lipinski definition) is 1. The van der Waals surface area contributed by atoms with Crippen LogP contribution in [0.4, 0.5) is 0 Å². The van der Waals surface area contributed by atoms with Crippen molar-refractivity contribution in [3.8, 4) is 11.3 Å². The van der Waals surface area contributed by atoms with Gasteiger partial charge in [-0.25, -0.2) is 0 Å². The molecule has 0 aliphatic carbocycles. The summed E-state index contributed by atoms with van der Waals surface area (Å²) >= 11 is 0. The molecule has 0 atom stereocenters. The lowest BCUT2D eigenvalue weighted by molar-refractivity contribution is -0.136. The number of carboxylic acid groups (broad SMARTS) is 1. The maximum atomic E-state index is 10.7. The Bertz CT molecular complexity index is 784. The van der Waals surface area contributed by atoms with Crippen molar-refractivity contribution in [1.82, 2.24) is 9.97 Å². The molecule has 1 N–H and O–H groups in total. The third kappa shape index (κ3) is 2.49. The van der Waals surface area contributed by atoms with Gasteiger partial charge in [-0.1, -0.05) is 18.2 Å². The van der Waals surface area contributed by atoms with Gasteiger partial charge in [0, 0.05) is 17.1 Å². The van der Waals surface area contributed by atoms with E-state index in [1.807, 2.05) is 42.5 Å². The molecule has 0 aliphatic rings. The highest BCUT2D eigenvalue weighted by Gasteiger charge is 2.05. The minimum atomic E-state index is -0.877. The summed E-state index contributed by atoms with van der Waals surface area (Å²) in [6.45, 7) is 0. The summed E-state index contributed by atoms with van der Waals surface area (Å²) in [5, 5.41) is 9.86. The SMILES string of the molecule is O=C(O)Cc1cccc(-c2ccc3ncccc3c2)n1. The average molecular weight is 264 g/mol. The minimum absolute atomic E-state index is 0.0665. The van der Waals surface area contributed by atoms with Crippen molar-refractivity contribution in [3.05, 3.63) is 60.4 Å². The molecule has 0 saturated carbocycles. The van der Waals surface area contributed by atoms with Gasteiger partial charge >= 0.3 is 5.97 Å². The molecule has 0 fully saturated rings. The van der Waals surface area contributed by atoms with Crippen molar-refractivity contribution in [2.45, 2.75) is 6.42 Å². The van der Waals surface area contributed by atoms with Crippen molar-refractivity contribution < 1.29 is 9.90 Å². The summed E-state index contributed by atoms with van der Waals surface area (Å²) in [5.41, 5.74) is 3.21. The minimum Gasteiger partial charge on any atom is -0.481 e. The maximum Gasteiger partial charge on any atom is 0.309 e. The number of benzene rings is 1. The van der Waals surface area contributed by atoms with Gasteiger partial charge in [0.2, 0.25) is 0 Å². The van der Waals surface area contributed by atoms with Gasteiger partial charge in [0.05, 0.1) is 23.3 Å². The van der Waals surface area contributed by atoms with Gasteiger partial charge in [-0.15, -0.1) is 0 Å². The Kier molecular flexibility index (Phi) is 3.13. The second-order valence-electron chi connectivity index (χ2n) is 4.50. The average Bonchev–Trinajstić information content (AvgIpc) is 2.46. The molecule has 0 saturated heterocycles. The van der Waals surface area contributed by atoms with Crippen molar-refractivity contribution >= 4 is 16.9 Å². The molecular weight excluding hydrogens is 252 g/mol. The zero-order valence-electron chi connectivity index (χ0n) is 10.7. The summed E-state index contributed by atoms with van der Waals surface area (Å²) in [6, 6.07) is 15.2. The van der Waals surface area contributed by atoms with Gasteiger partial charge in [0.15, 0.2) is 0 Å². The van der Waals surface area contributed by atoms with Gasteiger partial charge in [-0.3, -0.25) is 14.8 Å². The normalized spacial score (nSPS) is 10.6. The third-order valence-corrected chi connectivity index (χ3v) is 3.04. The molecule has 20 heavy (non-hydrogen) atoms. The second kappa shape index (κ2) is 5.09. The quantitative estimate of drug-likeness (QED) is 0.790. The van der Waals surface area contributed by atoms with Crippen LogP contribution in [0.1, 0.15) is 5.69 Å². The number of hydrogen-bond acceptors (Lipinski definition) is 3. The maximum absolute atomic E-state index is 10.7. The first-order valence-electron chi connectivity index (χ1n) is 6.25. The number of fused-ring (bicyclic) bond motifs is 1. The van der Waals surface area contributed by atoms with Gasteiger partial charge in [-0.05, 0) is 30.3 Å². The summed E-state index contributed by atoms with van der Waals surface area (Å²) < 4.78 is 0. The molecule has 4 nitrogen and oxygen atoms in total. The third-order valence-electron chi connectivity index (χ3n) is 3.04. The first-order chi connectivity index (χ1) is 9.72. The van der Waals surface area contributed by atoms with Crippen LogP contribution < -0.4 is 0 Å². The van der Waals surface area contributed by atoms with Crippen LogP contribution in [-0.2, 0) is 11.2 Å². The molecule has 0 bridgehead atoms. The van der Waals surface area contributed by atoms with E-state index in [4.69, 9.17) is 5.11 Å². The standard InChI is InChI=1S/C16H12N2O2/c19-16(20)10-13-4-1-5-15(18-13)12-6-7-14-11(9-12)3-2-8-17-14/h1-9H,10H2,(H,19,20). The molecule has 0 unspecified atom stereocenters. The number of pyridine rings is 2. The van der Waals surface area contributed by atoms with Crippen molar-refractivity contribution in [3.63, 3.8) is 0 Å². The lowest BCUT2D eigenvalue weighted by Gasteiger charge is -2.04. The van der Waals surface area contributed by atoms with Crippen LogP contribution >= 0.6 is 0 Å². The van der Waals surface area contributed by atoms with Crippen LogP contribution in [0.5, 0.6) is 0 Å². The zero-order chi connectivity index (χ0) is 13.9. The van der Waals surface area contributed by atoms with Crippen LogP contribution in [0, 0.1) is 0 Å². The van der Waals surface area contributed by atoms with Crippen molar-refractivity contribution in [2.24, 2.45) is 0 Å². The highest BCUT2D eigenvalue weighted by atomic mass is 16.4. The Morgan fingerprint density at radius 3 is 2.85 bits per heavy atom. The molecule has 1 aromatic carbocycles. The van der Waals surface area contributed by atoms with Crippen LogP contribution in [0.2, 0.25) is 0 Å². The highest BCUT2D eigenvalue weighted by molar-refractivity contribution is 5.83. The molecule has 0 aliphatic heterocycles. The van der Waals surface area contributed by atoms with E-state index in [9.17, 15) is 4.79 Å². The predicted octanol–water partition coefficient (Wildman–Crippen LogP) is 2.92. The number of rotatable bonds is 3. The largest absolute Gasteiger partial charge is 0.481 e. The van der Waals surface area contributed by atoms with Crippen LogP contribution in [-0.4, -0.2) is 21.0 Å². The molecule has 3 rings (SSSR count). The Morgan fingerprint density at radius 1 is 1.10 bits per heavy atom. The second-order valence-corrected chi connectivity index (χ2v) is 4.50. The van der Waals surface area contributed by atoms with Crippen LogP contribution in [0.3, 0.4) is 0 Å². The molecule has 2 aromatic heterocycles. The fourth-order valence-corrected chi connectivity index (χ4v) is 2.13. The van der Waals surface area contributed by atoms with Gasteiger partial charge < -0.3 is 5.11 Å². The lowest BCUT2D eigenvalue weighted by Crippen LogP contribution is -2.02. The Labute approximate surface area is 115 Å². The van der Waals surface area contributed by atoms with Gasteiger partial charge in [0.1, 0.15) is 0 Å². The molecule has 0 amide bonds. The van der Waals surface area contributed by atoms with Crippen LogP contribution in [0.25, 0.3) is 22.2 Å². The number of carbonyl (C=O) groups is 1. The fraction of sp³-hybridized carbons (Fsp3) is 0.0625. The Hall–Kier alpha value is -2.75. The van der Waals surface area contributed by atoms with E-state index in [0.717, 1.165) is 22.2 Å². The van der Waals surface area contributed by atoms with E-state index in [1.165, 1.54) is 0 Å². The Morgan fingerprint density at radius 2 is 2.00 bits per heavy atom. The first-order valence-corrected chi connectivity index (χ1v) is 6.25. The summed E-state index contributed by atoms with van der Waals surface area (Å²) in [5.74, 6) is -0.877.